The third kappa shape index (κ3) is 13.6. The van der Waals surface area contributed by atoms with E-state index in [1.54, 1.807) is 12.1 Å². The van der Waals surface area contributed by atoms with Crippen molar-refractivity contribution in [1.29, 1.82) is 0 Å². The second kappa shape index (κ2) is 17.1. The molecule has 1 aromatic rings. The number of benzene rings is 1. The third-order valence-electron chi connectivity index (χ3n) is 5.96. The van der Waals surface area contributed by atoms with E-state index in [-0.39, 0.29) is 24.5 Å². The second-order valence-corrected chi connectivity index (χ2v) is 11.5. The van der Waals surface area contributed by atoms with Crippen molar-refractivity contribution < 1.29 is 19.5 Å². The quantitative estimate of drug-likeness (QED) is 0.200. The minimum Gasteiger partial charge on any atom is -0.399 e. The van der Waals surface area contributed by atoms with Crippen LogP contribution < -0.4 is 27.0 Å². The lowest BCUT2D eigenvalue weighted by molar-refractivity contribution is -0.130. The van der Waals surface area contributed by atoms with Gasteiger partial charge < -0.3 is 32.1 Å². The Labute approximate surface area is 226 Å². The average molecular weight is 538 g/mol. The highest BCUT2D eigenvalue weighted by Gasteiger charge is 2.35. The van der Waals surface area contributed by atoms with Crippen molar-refractivity contribution in [1.82, 2.24) is 21.3 Å². The minimum atomic E-state index is -0.539. The Morgan fingerprint density at radius 3 is 2.24 bits per heavy atom. The van der Waals surface area contributed by atoms with Crippen LogP contribution in [-0.4, -0.2) is 59.7 Å². The van der Waals surface area contributed by atoms with Crippen molar-refractivity contribution in [2.24, 2.45) is 11.3 Å². The van der Waals surface area contributed by atoms with Crippen LogP contribution in [0.25, 0.3) is 0 Å². The number of nitrogens with two attached hydrogens (primary N) is 1. The summed E-state index contributed by atoms with van der Waals surface area (Å²) in [5, 5.41) is 20.3. The molecule has 9 nitrogen and oxygen atoms in total. The van der Waals surface area contributed by atoms with E-state index in [0.29, 0.717) is 43.1 Å². The first-order chi connectivity index (χ1) is 17.5. The topological polar surface area (TPSA) is 146 Å². The Morgan fingerprint density at radius 2 is 1.73 bits per heavy atom. The number of carbonyl (C=O) groups is 3. The standard InChI is InChI=1S/C13H20N2O2.C9H19NO.C5H8N2OS/c1-13(2,7-8-16)12(17)15-9-10-3-5-11(14)6-4-10;1-4-5-6-9(11)10-7-8(2)3;8-5-6-3-1-9-2-4(3)7-5/h3-6,16H,7-9,14H2,1-2H3,(H,15,17);8H,4-7H2,1-3H3,(H,10,11);3-4H,1-2H2,(H2,6,7,8)/t;;3-,4+. The van der Waals surface area contributed by atoms with Crippen LogP contribution >= 0.6 is 11.8 Å². The monoisotopic (exact) mass is 537 g/mol. The molecule has 210 valence electrons. The van der Waals surface area contributed by atoms with Gasteiger partial charge in [-0.3, -0.25) is 9.59 Å². The molecule has 10 heteroatoms. The van der Waals surface area contributed by atoms with Crippen molar-refractivity contribution >= 4 is 35.3 Å². The summed E-state index contributed by atoms with van der Waals surface area (Å²) in [6.07, 6.45) is 3.24. The lowest BCUT2D eigenvalue weighted by Gasteiger charge is -2.22. The third-order valence-corrected chi connectivity index (χ3v) is 7.15. The molecule has 0 radical (unpaired) electrons. The molecule has 7 N–H and O–H groups in total. The maximum Gasteiger partial charge on any atom is 0.315 e. The van der Waals surface area contributed by atoms with Gasteiger partial charge in [0, 0.05) is 48.7 Å². The first-order valence-electron chi connectivity index (χ1n) is 13.1. The van der Waals surface area contributed by atoms with E-state index >= 15 is 0 Å². The summed E-state index contributed by atoms with van der Waals surface area (Å²) in [6.45, 7) is 11.2. The van der Waals surface area contributed by atoms with E-state index < -0.39 is 5.41 Å². The van der Waals surface area contributed by atoms with Crippen LogP contribution in [0.3, 0.4) is 0 Å². The van der Waals surface area contributed by atoms with Gasteiger partial charge in [0.05, 0.1) is 12.1 Å². The van der Waals surface area contributed by atoms with Crippen molar-refractivity contribution in [3.63, 3.8) is 0 Å². The number of thioether (sulfide) groups is 1. The summed E-state index contributed by atoms with van der Waals surface area (Å²) >= 11 is 1.89. The van der Waals surface area contributed by atoms with Crippen molar-refractivity contribution in [3.8, 4) is 0 Å². The molecule has 0 aromatic heterocycles. The van der Waals surface area contributed by atoms with Crippen molar-refractivity contribution in [3.05, 3.63) is 29.8 Å². The van der Waals surface area contributed by atoms with E-state index in [1.807, 2.05) is 37.7 Å². The predicted octanol–water partition coefficient (Wildman–Crippen LogP) is 3.03. The molecule has 37 heavy (non-hydrogen) atoms. The van der Waals surface area contributed by atoms with Crippen LogP contribution in [0, 0.1) is 11.3 Å². The van der Waals surface area contributed by atoms with Crippen LogP contribution in [0.2, 0.25) is 0 Å². The molecule has 0 aliphatic carbocycles. The molecule has 1 aromatic carbocycles. The van der Waals surface area contributed by atoms with Crippen LogP contribution in [0.5, 0.6) is 0 Å². The summed E-state index contributed by atoms with van der Waals surface area (Å²) < 4.78 is 0. The molecule has 2 heterocycles. The highest BCUT2D eigenvalue weighted by molar-refractivity contribution is 7.99. The Bertz CT molecular complexity index is 819. The first-order valence-corrected chi connectivity index (χ1v) is 14.3. The lowest BCUT2D eigenvalue weighted by Crippen LogP contribution is -2.37. The molecule has 0 bridgehead atoms. The van der Waals surface area contributed by atoms with Gasteiger partial charge in [0.1, 0.15) is 0 Å². The molecule has 0 unspecified atom stereocenters. The zero-order valence-corrected chi connectivity index (χ0v) is 23.9. The van der Waals surface area contributed by atoms with Gasteiger partial charge in [-0.15, -0.1) is 0 Å². The van der Waals surface area contributed by atoms with Gasteiger partial charge in [0.25, 0.3) is 0 Å². The molecular weight excluding hydrogens is 490 g/mol. The van der Waals surface area contributed by atoms with E-state index in [0.717, 1.165) is 36.5 Å². The van der Waals surface area contributed by atoms with Crippen molar-refractivity contribution in [2.75, 3.05) is 30.4 Å². The van der Waals surface area contributed by atoms with Gasteiger partial charge in [0.2, 0.25) is 11.8 Å². The average Bonchev–Trinajstić information content (AvgIpc) is 3.42. The van der Waals surface area contributed by atoms with E-state index in [4.69, 9.17) is 10.8 Å². The summed E-state index contributed by atoms with van der Waals surface area (Å²) in [7, 11) is 0. The Kier molecular flexibility index (Phi) is 15.1. The maximum absolute atomic E-state index is 11.8. The lowest BCUT2D eigenvalue weighted by atomic mass is 9.88. The smallest absolute Gasteiger partial charge is 0.315 e. The molecule has 2 aliphatic heterocycles. The molecular formula is C27H47N5O4S. The molecule has 2 saturated heterocycles. The fraction of sp³-hybridized carbons (Fsp3) is 0.667. The number of nitrogens with one attached hydrogen (secondary N) is 4. The summed E-state index contributed by atoms with van der Waals surface area (Å²) in [5.74, 6) is 2.84. The molecule has 2 fully saturated rings. The highest BCUT2D eigenvalue weighted by Crippen LogP contribution is 2.21. The Hall–Kier alpha value is -2.46. The number of amides is 4. The van der Waals surface area contributed by atoms with Crippen LogP contribution in [0.4, 0.5) is 10.5 Å². The second-order valence-electron chi connectivity index (χ2n) is 10.5. The number of hydrogen-bond acceptors (Lipinski definition) is 6. The number of urea groups is 1. The van der Waals surface area contributed by atoms with Gasteiger partial charge in [0.15, 0.2) is 0 Å². The molecule has 4 amide bonds. The Balaban J connectivity index is 0.000000294. The normalized spacial score (nSPS) is 17.9. The first kappa shape index (κ1) is 32.6. The fourth-order valence-electron chi connectivity index (χ4n) is 3.41. The molecule has 3 rings (SSSR count). The van der Waals surface area contributed by atoms with Crippen LogP contribution in [0.1, 0.15) is 65.9 Å². The number of hydrogen-bond donors (Lipinski definition) is 6. The highest BCUT2D eigenvalue weighted by atomic mass is 32.2. The molecule has 2 atom stereocenters. The molecule has 0 spiro atoms. The number of rotatable bonds is 10. The number of aliphatic hydroxyl groups excluding tert-OH is 1. The predicted molar refractivity (Wildman–Crippen MR) is 152 cm³/mol. The number of fused-ring (bicyclic) bond motifs is 1. The zero-order chi connectivity index (χ0) is 27.8. The van der Waals surface area contributed by atoms with Gasteiger partial charge in [-0.1, -0.05) is 53.2 Å². The number of unbranched alkanes of at least 4 members (excludes halogenated alkanes) is 1. The number of aliphatic hydroxyl groups is 1. The SMILES string of the molecule is CC(C)(CCO)C(=O)NCc1ccc(N)cc1.CCCCC(=O)NCC(C)C.O=C1N[C@H]2CSC[C@H]2N1. The summed E-state index contributed by atoms with van der Waals surface area (Å²) in [4.78, 5) is 33.5. The molecule has 2 aliphatic rings. The van der Waals surface area contributed by atoms with Gasteiger partial charge in [-0.05, 0) is 36.5 Å². The fourth-order valence-corrected chi connectivity index (χ4v) is 4.69. The maximum atomic E-state index is 11.8. The van der Waals surface area contributed by atoms with Crippen molar-refractivity contribution in [2.45, 2.75) is 78.9 Å². The number of anilines is 1. The van der Waals surface area contributed by atoms with Crippen LogP contribution in [0.15, 0.2) is 24.3 Å². The number of carbonyl (C=O) groups excluding carboxylic acids is 3. The molecule has 0 saturated carbocycles. The zero-order valence-electron chi connectivity index (χ0n) is 23.1. The van der Waals surface area contributed by atoms with Gasteiger partial charge in [-0.25, -0.2) is 4.79 Å². The minimum absolute atomic E-state index is 0.00491. The van der Waals surface area contributed by atoms with Gasteiger partial charge >= 0.3 is 6.03 Å². The number of nitrogen functional groups attached to an aromatic ring is 1. The largest absolute Gasteiger partial charge is 0.399 e. The Morgan fingerprint density at radius 1 is 1.14 bits per heavy atom. The van der Waals surface area contributed by atoms with E-state index in [2.05, 4.69) is 42.0 Å². The summed E-state index contributed by atoms with van der Waals surface area (Å²) in [6, 6.07) is 8.19. The van der Waals surface area contributed by atoms with Gasteiger partial charge in [-0.2, -0.15) is 11.8 Å². The van der Waals surface area contributed by atoms with Crippen LogP contribution in [-0.2, 0) is 16.1 Å². The van der Waals surface area contributed by atoms with E-state index in [9.17, 15) is 14.4 Å². The summed E-state index contributed by atoms with van der Waals surface area (Å²) in [5.41, 5.74) is 6.75. The van der Waals surface area contributed by atoms with E-state index in [1.165, 1.54) is 0 Å².